The van der Waals surface area contributed by atoms with Crippen molar-refractivity contribution in [2.75, 3.05) is 6.61 Å². The van der Waals surface area contributed by atoms with Crippen LogP contribution >= 0.6 is 0 Å². The van der Waals surface area contributed by atoms with Gasteiger partial charge in [-0.15, -0.1) is 0 Å². The van der Waals surface area contributed by atoms with Gasteiger partial charge in [0.15, 0.2) is 0 Å². The number of rotatable bonds is 3. The summed E-state index contributed by atoms with van der Waals surface area (Å²) in [5.41, 5.74) is 0.792. The molecule has 0 aromatic carbocycles. The Hall–Kier alpha value is -0.990. The first-order chi connectivity index (χ1) is 6.46. The van der Waals surface area contributed by atoms with Gasteiger partial charge in [-0.05, 0) is 10.8 Å². The lowest BCUT2D eigenvalue weighted by Crippen LogP contribution is -2.04. The molecule has 1 saturated carbocycles. The SMILES string of the molecule is CC1(C)C(COc2ccn[nH]2)C1(C)C. The molecule has 0 bridgehead atoms. The number of aromatic nitrogens is 2. The minimum absolute atomic E-state index is 0.396. The molecule has 1 aromatic heterocycles. The largest absolute Gasteiger partial charge is 0.478 e. The third-order valence-electron chi connectivity index (χ3n) is 4.20. The summed E-state index contributed by atoms with van der Waals surface area (Å²) in [6.45, 7) is 9.98. The van der Waals surface area contributed by atoms with Gasteiger partial charge in [0.25, 0.3) is 0 Å². The minimum Gasteiger partial charge on any atom is -0.478 e. The van der Waals surface area contributed by atoms with Crippen molar-refractivity contribution in [3.8, 4) is 5.88 Å². The zero-order valence-corrected chi connectivity index (χ0v) is 9.29. The summed E-state index contributed by atoms with van der Waals surface area (Å²) in [6.07, 6.45) is 1.71. The lowest BCUT2D eigenvalue weighted by molar-refractivity contribution is 0.263. The average Bonchev–Trinajstić information content (AvgIpc) is 2.54. The van der Waals surface area contributed by atoms with Crippen molar-refractivity contribution < 1.29 is 4.74 Å². The Morgan fingerprint density at radius 3 is 2.43 bits per heavy atom. The number of H-pyrrole nitrogens is 1. The van der Waals surface area contributed by atoms with Gasteiger partial charge in [0, 0.05) is 12.0 Å². The van der Waals surface area contributed by atoms with Crippen LogP contribution in [0.3, 0.4) is 0 Å². The third kappa shape index (κ3) is 1.22. The molecule has 0 spiro atoms. The lowest BCUT2D eigenvalue weighted by atomic mass is 10.0. The second-order valence-electron chi connectivity index (χ2n) is 5.23. The Labute approximate surface area is 84.9 Å². The van der Waals surface area contributed by atoms with Gasteiger partial charge in [0.1, 0.15) is 0 Å². The molecule has 0 atom stereocenters. The quantitative estimate of drug-likeness (QED) is 0.802. The second kappa shape index (κ2) is 2.75. The Bertz CT molecular complexity index is 300. The molecule has 0 saturated heterocycles. The predicted octanol–water partition coefficient (Wildman–Crippen LogP) is 2.47. The van der Waals surface area contributed by atoms with Crippen molar-refractivity contribution in [1.82, 2.24) is 10.2 Å². The molecular weight excluding hydrogens is 176 g/mol. The number of nitrogens with one attached hydrogen (secondary N) is 1. The van der Waals surface area contributed by atoms with E-state index in [4.69, 9.17) is 4.74 Å². The average molecular weight is 194 g/mol. The first-order valence-electron chi connectivity index (χ1n) is 5.08. The molecule has 78 valence electrons. The van der Waals surface area contributed by atoms with Gasteiger partial charge in [-0.3, -0.25) is 0 Å². The van der Waals surface area contributed by atoms with E-state index in [-0.39, 0.29) is 0 Å². The van der Waals surface area contributed by atoms with Gasteiger partial charge < -0.3 is 4.74 Å². The molecule has 0 amide bonds. The van der Waals surface area contributed by atoms with E-state index < -0.39 is 0 Å². The number of ether oxygens (including phenoxy) is 1. The van der Waals surface area contributed by atoms with Crippen molar-refractivity contribution in [1.29, 1.82) is 0 Å². The summed E-state index contributed by atoms with van der Waals surface area (Å²) in [7, 11) is 0. The molecular formula is C11H18N2O. The van der Waals surface area contributed by atoms with Gasteiger partial charge in [0.2, 0.25) is 5.88 Å². The van der Waals surface area contributed by atoms with E-state index in [0.29, 0.717) is 16.7 Å². The molecule has 0 radical (unpaired) electrons. The molecule has 1 heterocycles. The zero-order valence-electron chi connectivity index (χ0n) is 9.29. The van der Waals surface area contributed by atoms with Crippen LogP contribution < -0.4 is 4.74 Å². The maximum absolute atomic E-state index is 5.62. The van der Waals surface area contributed by atoms with Crippen molar-refractivity contribution in [3.05, 3.63) is 12.3 Å². The fourth-order valence-electron chi connectivity index (χ4n) is 2.25. The van der Waals surface area contributed by atoms with E-state index in [0.717, 1.165) is 12.5 Å². The van der Waals surface area contributed by atoms with E-state index >= 15 is 0 Å². The molecule has 0 unspecified atom stereocenters. The van der Waals surface area contributed by atoms with E-state index in [9.17, 15) is 0 Å². The van der Waals surface area contributed by atoms with Gasteiger partial charge >= 0.3 is 0 Å². The van der Waals surface area contributed by atoms with E-state index in [1.165, 1.54) is 0 Å². The zero-order chi connectivity index (χ0) is 10.4. The normalized spacial score (nSPS) is 23.4. The topological polar surface area (TPSA) is 37.9 Å². The Morgan fingerprint density at radius 1 is 1.36 bits per heavy atom. The van der Waals surface area contributed by atoms with Gasteiger partial charge in [0.05, 0.1) is 12.8 Å². The van der Waals surface area contributed by atoms with E-state index in [1.807, 2.05) is 6.07 Å². The highest BCUT2D eigenvalue weighted by Gasteiger charge is 2.64. The van der Waals surface area contributed by atoms with Crippen molar-refractivity contribution in [2.45, 2.75) is 27.7 Å². The maximum atomic E-state index is 5.62. The highest BCUT2D eigenvalue weighted by Crippen LogP contribution is 2.68. The molecule has 3 heteroatoms. The molecule has 14 heavy (non-hydrogen) atoms. The monoisotopic (exact) mass is 194 g/mol. The van der Waals surface area contributed by atoms with Crippen LogP contribution in [0.1, 0.15) is 27.7 Å². The minimum atomic E-state index is 0.396. The first-order valence-corrected chi connectivity index (χ1v) is 5.08. The van der Waals surface area contributed by atoms with Crippen LogP contribution in [0.2, 0.25) is 0 Å². The van der Waals surface area contributed by atoms with Gasteiger partial charge in [-0.25, -0.2) is 5.10 Å². The molecule has 1 aliphatic rings. The molecule has 0 aliphatic heterocycles. The predicted molar refractivity (Wildman–Crippen MR) is 55.1 cm³/mol. The summed E-state index contributed by atoms with van der Waals surface area (Å²) in [6, 6.07) is 1.85. The first kappa shape index (κ1) is 9.56. The third-order valence-corrected chi connectivity index (χ3v) is 4.20. The summed E-state index contributed by atoms with van der Waals surface area (Å²) in [5, 5.41) is 6.65. The fraction of sp³-hybridized carbons (Fsp3) is 0.727. The Morgan fingerprint density at radius 2 is 2.00 bits per heavy atom. The summed E-state index contributed by atoms with van der Waals surface area (Å²) in [4.78, 5) is 0. The van der Waals surface area contributed by atoms with Crippen LogP contribution in [0.25, 0.3) is 0 Å². The molecule has 3 nitrogen and oxygen atoms in total. The second-order valence-corrected chi connectivity index (χ2v) is 5.23. The molecule has 1 aliphatic carbocycles. The highest BCUT2D eigenvalue weighted by molar-refractivity contribution is 5.13. The van der Waals surface area contributed by atoms with E-state index in [2.05, 4.69) is 37.9 Å². The maximum Gasteiger partial charge on any atom is 0.209 e. The fourth-order valence-corrected chi connectivity index (χ4v) is 2.25. The lowest BCUT2D eigenvalue weighted by Gasteiger charge is -2.03. The summed E-state index contributed by atoms with van der Waals surface area (Å²) in [5.74, 6) is 1.40. The number of hydrogen-bond acceptors (Lipinski definition) is 2. The smallest absolute Gasteiger partial charge is 0.209 e. The Balaban J connectivity index is 1.90. The standard InChI is InChI=1S/C11H18N2O/c1-10(2)8(11(10,3)4)7-14-9-5-6-12-13-9/h5-6,8H,7H2,1-4H3,(H,12,13). The molecule has 2 rings (SSSR count). The van der Waals surface area contributed by atoms with Crippen molar-refractivity contribution in [2.24, 2.45) is 16.7 Å². The molecule has 1 N–H and O–H groups in total. The van der Waals surface area contributed by atoms with E-state index in [1.54, 1.807) is 6.20 Å². The van der Waals surface area contributed by atoms with Crippen molar-refractivity contribution >= 4 is 0 Å². The van der Waals surface area contributed by atoms with Crippen LogP contribution in [-0.4, -0.2) is 16.8 Å². The van der Waals surface area contributed by atoms with Crippen LogP contribution in [-0.2, 0) is 0 Å². The van der Waals surface area contributed by atoms with Crippen LogP contribution in [0.5, 0.6) is 5.88 Å². The molecule has 1 fully saturated rings. The van der Waals surface area contributed by atoms with Crippen LogP contribution in [0.4, 0.5) is 0 Å². The van der Waals surface area contributed by atoms with Crippen molar-refractivity contribution in [3.63, 3.8) is 0 Å². The number of nitrogens with zero attached hydrogens (tertiary/aromatic N) is 1. The summed E-state index contributed by atoms with van der Waals surface area (Å²) >= 11 is 0. The van der Waals surface area contributed by atoms with Crippen LogP contribution in [0.15, 0.2) is 12.3 Å². The summed E-state index contributed by atoms with van der Waals surface area (Å²) < 4.78 is 5.62. The number of hydrogen-bond donors (Lipinski definition) is 1. The highest BCUT2D eigenvalue weighted by atomic mass is 16.5. The Kier molecular flexibility index (Phi) is 1.88. The van der Waals surface area contributed by atoms with Gasteiger partial charge in [-0.1, -0.05) is 27.7 Å². The number of aromatic amines is 1. The van der Waals surface area contributed by atoms with Crippen LogP contribution in [0, 0.1) is 16.7 Å². The van der Waals surface area contributed by atoms with Gasteiger partial charge in [-0.2, -0.15) is 5.10 Å². The molecule has 1 aromatic rings.